The summed E-state index contributed by atoms with van der Waals surface area (Å²) in [5.41, 5.74) is 6.20. The quantitative estimate of drug-likeness (QED) is 0.834. The van der Waals surface area contributed by atoms with Crippen LogP contribution < -0.4 is 11.1 Å². The summed E-state index contributed by atoms with van der Waals surface area (Å²) < 4.78 is 12.9. The van der Waals surface area contributed by atoms with Gasteiger partial charge in [-0.1, -0.05) is 6.92 Å². The van der Waals surface area contributed by atoms with Crippen LogP contribution in [0.15, 0.2) is 18.2 Å². The van der Waals surface area contributed by atoms with Crippen LogP contribution in [0.3, 0.4) is 0 Å². The van der Waals surface area contributed by atoms with Gasteiger partial charge in [0.25, 0.3) is 0 Å². The molecule has 114 valence electrons. The predicted molar refractivity (Wildman–Crippen MR) is 79.0 cm³/mol. The fourth-order valence-electron chi connectivity index (χ4n) is 2.45. The van der Waals surface area contributed by atoms with E-state index in [0.717, 1.165) is 18.9 Å². The molecule has 2 amide bonds. The molecule has 0 spiro atoms. The standard InChI is InChI=1S/C15H20FN3O2/c1-10-3-2-7-19(15(10)21)8-6-14(20)18-13-5-4-11(16)9-12(13)17/h4-5,9-10H,2-3,6-8,17H2,1H3,(H,18,20). The van der Waals surface area contributed by atoms with E-state index in [0.29, 0.717) is 18.8 Å². The number of anilines is 2. The number of likely N-dealkylation sites (tertiary alicyclic amines) is 1. The van der Waals surface area contributed by atoms with Crippen LogP contribution >= 0.6 is 0 Å². The first kappa shape index (κ1) is 15.3. The maximum atomic E-state index is 12.9. The second kappa shape index (κ2) is 6.56. The van der Waals surface area contributed by atoms with Crippen molar-refractivity contribution >= 4 is 23.2 Å². The second-order valence-electron chi connectivity index (χ2n) is 5.40. The van der Waals surface area contributed by atoms with Crippen LogP contribution in [0.5, 0.6) is 0 Å². The summed E-state index contributed by atoms with van der Waals surface area (Å²) in [5.74, 6) is -0.539. The fourth-order valence-corrected chi connectivity index (χ4v) is 2.45. The van der Waals surface area contributed by atoms with E-state index in [9.17, 15) is 14.0 Å². The molecule has 1 aromatic rings. The summed E-state index contributed by atoms with van der Waals surface area (Å²) in [7, 11) is 0. The Kier molecular flexibility index (Phi) is 4.77. The van der Waals surface area contributed by atoms with Crippen LogP contribution in [0.2, 0.25) is 0 Å². The number of carbonyl (C=O) groups excluding carboxylic acids is 2. The Morgan fingerprint density at radius 2 is 2.29 bits per heavy atom. The molecule has 0 aliphatic carbocycles. The lowest BCUT2D eigenvalue weighted by Gasteiger charge is -2.30. The van der Waals surface area contributed by atoms with E-state index in [2.05, 4.69) is 5.32 Å². The largest absolute Gasteiger partial charge is 0.397 e. The van der Waals surface area contributed by atoms with Gasteiger partial charge in [0.1, 0.15) is 5.82 Å². The Morgan fingerprint density at radius 3 is 3.00 bits per heavy atom. The Balaban J connectivity index is 1.86. The van der Waals surface area contributed by atoms with Gasteiger partial charge in [0.2, 0.25) is 11.8 Å². The smallest absolute Gasteiger partial charge is 0.226 e. The van der Waals surface area contributed by atoms with E-state index in [1.807, 2.05) is 6.92 Å². The summed E-state index contributed by atoms with van der Waals surface area (Å²) >= 11 is 0. The van der Waals surface area contributed by atoms with Crippen molar-refractivity contribution in [1.29, 1.82) is 0 Å². The van der Waals surface area contributed by atoms with Crippen molar-refractivity contribution in [3.63, 3.8) is 0 Å². The zero-order valence-electron chi connectivity index (χ0n) is 12.1. The Bertz CT molecular complexity index is 548. The summed E-state index contributed by atoms with van der Waals surface area (Å²) in [6, 6.07) is 3.82. The van der Waals surface area contributed by atoms with Gasteiger partial charge in [0.15, 0.2) is 0 Å². The van der Waals surface area contributed by atoms with Gasteiger partial charge >= 0.3 is 0 Å². The summed E-state index contributed by atoms with van der Waals surface area (Å²) in [6.07, 6.45) is 2.09. The molecular weight excluding hydrogens is 273 g/mol. The maximum absolute atomic E-state index is 12.9. The number of hydrogen-bond acceptors (Lipinski definition) is 3. The number of nitrogens with one attached hydrogen (secondary N) is 1. The van der Waals surface area contributed by atoms with E-state index in [1.54, 1.807) is 4.90 Å². The molecule has 5 nitrogen and oxygen atoms in total. The molecule has 1 aromatic carbocycles. The van der Waals surface area contributed by atoms with Crippen LogP contribution in [0.25, 0.3) is 0 Å². The molecule has 2 rings (SSSR count). The maximum Gasteiger partial charge on any atom is 0.226 e. The number of piperidine rings is 1. The zero-order chi connectivity index (χ0) is 15.4. The number of nitrogen functional groups attached to an aromatic ring is 1. The van der Waals surface area contributed by atoms with Crippen molar-refractivity contribution in [3.8, 4) is 0 Å². The highest BCUT2D eigenvalue weighted by Crippen LogP contribution is 2.20. The van der Waals surface area contributed by atoms with Crippen molar-refractivity contribution in [2.24, 2.45) is 5.92 Å². The lowest BCUT2D eigenvalue weighted by molar-refractivity contribution is -0.138. The molecule has 0 aromatic heterocycles. The van der Waals surface area contributed by atoms with Crippen LogP contribution in [-0.4, -0.2) is 29.8 Å². The van der Waals surface area contributed by atoms with Gasteiger partial charge in [-0.25, -0.2) is 4.39 Å². The number of rotatable bonds is 4. The third-order valence-corrected chi connectivity index (χ3v) is 3.69. The number of nitrogens with zero attached hydrogens (tertiary/aromatic N) is 1. The number of amides is 2. The normalized spacial score (nSPS) is 18.7. The summed E-state index contributed by atoms with van der Waals surface area (Å²) in [4.78, 5) is 25.5. The molecule has 0 saturated carbocycles. The number of hydrogen-bond donors (Lipinski definition) is 2. The van der Waals surface area contributed by atoms with Gasteiger partial charge in [0.05, 0.1) is 11.4 Å². The molecule has 3 N–H and O–H groups in total. The third-order valence-electron chi connectivity index (χ3n) is 3.69. The average Bonchev–Trinajstić information content (AvgIpc) is 2.43. The minimum absolute atomic E-state index is 0.0366. The monoisotopic (exact) mass is 293 g/mol. The van der Waals surface area contributed by atoms with Crippen LogP contribution in [-0.2, 0) is 9.59 Å². The predicted octanol–water partition coefficient (Wildman–Crippen LogP) is 1.99. The lowest BCUT2D eigenvalue weighted by atomic mass is 9.99. The Hall–Kier alpha value is -2.11. The molecule has 1 fully saturated rings. The molecule has 1 atom stereocenters. The molecule has 21 heavy (non-hydrogen) atoms. The molecule has 1 aliphatic heterocycles. The third kappa shape index (κ3) is 3.93. The van der Waals surface area contributed by atoms with Gasteiger partial charge in [-0.15, -0.1) is 0 Å². The van der Waals surface area contributed by atoms with E-state index in [1.165, 1.54) is 12.1 Å². The summed E-state index contributed by atoms with van der Waals surface area (Å²) in [6.45, 7) is 3.01. The van der Waals surface area contributed by atoms with E-state index < -0.39 is 5.82 Å². The number of nitrogens with two attached hydrogens (primary N) is 1. The van der Waals surface area contributed by atoms with Gasteiger partial charge in [-0.2, -0.15) is 0 Å². The zero-order valence-corrected chi connectivity index (χ0v) is 12.1. The van der Waals surface area contributed by atoms with E-state index in [-0.39, 0.29) is 29.8 Å². The van der Waals surface area contributed by atoms with Gasteiger partial charge in [-0.05, 0) is 31.0 Å². The molecule has 0 radical (unpaired) electrons. The molecule has 1 saturated heterocycles. The first-order chi connectivity index (χ1) is 9.97. The lowest BCUT2D eigenvalue weighted by Crippen LogP contribution is -2.41. The molecule has 1 heterocycles. The van der Waals surface area contributed by atoms with Crippen molar-refractivity contribution in [3.05, 3.63) is 24.0 Å². The summed E-state index contributed by atoms with van der Waals surface area (Å²) in [5, 5.41) is 2.63. The number of benzene rings is 1. The van der Waals surface area contributed by atoms with E-state index in [4.69, 9.17) is 5.73 Å². The van der Waals surface area contributed by atoms with Crippen molar-refractivity contribution in [2.75, 3.05) is 24.1 Å². The highest BCUT2D eigenvalue weighted by atomic mass is 19.1. The Morgan fingerprint density at radius 1 is 1.52 bits per heavy atom. The number of carbonyl (C=O) groups is 2. The van der Waals surface area contributed by atoms with Gasteiger partial charge < -0.3 is 16.0 Å². The van der Waals surface area contributed by atoms with Crippen LogP contribution in [0.4, 0.5) is 15.8 Å². The van der Waals surface area contributed by atoms with Crippen LogP contribution in [0, 0.1) is 11.7 Å². The van der Waals surface area contributed by atoms with Crippen molar-refractivity contribution in [2.45, 2.75) is 26.2 Å². The first-order valence-electron chi connectivity index (χ1n) is 7.11. The molecule has 6 heteroatoms. The minimum atomic E-state index is -0.446. The molecular formula is C15H20FN3O2. The average molecular weight is 293 g/mol. The Labute approximate surface area is 123 Å². The number of halogens is 1. The minimum Gasteiger partial charge on any atom is -0.397 e. The highest BCUT2D eigenvalue weighted by Gasteiger charge is 2.25. The molecule has 1 unspecified atom stereocenters. The topological polar surface area (TPSA) is 75.4 Å². The van der Waals surface area contributed by atoms with Crippen LogP contribution in [0.1, 0.15) is 26.2 Å². The highest BCUT2D eigenvalue weighted by molar-refractivity contribution is 5.94. The SMILES string of the molecule is CC1CCCN(CCC(=O)Nc2ccc(F)cc2N)C1=O. The van der Waals surface area contributed by atoms with Crippen molar-refractivity contribution in [1.82, 2.24) is 4.90 Å². The van der Waals surface area contributed by atoms with E-state index >= 15 is 0 Å². The van der Waals surface area contributed by atoms with Gasteiger partial charge in [-0.3, -0.25) is 9.59 Å². The second-order valence-corrected chi connectivity index (χ2v) is 5.40. The first-order valence-corrected chi connectivity index (χ1v) is 7.11. The molecule has 1 aliphatic rings. The van der Waals surface area contributed by atoms with Gasteiger partial charge in [0, 0.05) is 25.4 Å². The van der Waals surface area contributed by atoms with Crippen molar-refractivity contribution < 1.29 is 14.0 Å². The molecule has 0 bridgehead atoms. The fraction of sp³-hybridized carbons (Fsp3) is 0.467.